The van der Waals surface area contributed by atoms with E-state index < -0.39 is 11.5 Å². The molecule has 0 amide bonds. The highest BCUT2D eigenvalue weighted by molar-refractivity contribution is 6.33. The number of H-pyrrole nitrogens is 1. The molecule has 0 unspecified atom stereocenters. The zero-order valence-electron chi connectivity index (χ0n) is 7.05. The van der Waals surface area contributed by atoms with Crippen molar-refractivity contribution < 1.29 is 9.53 Å². The Labute approximate surface area is 78.7 Å². The van der Waals surface area contributed by atoms with Crippen LogP contribution in [0.15, 0.2) is 4.79 Å². The Kier molecular flexibility index (Phi) is 2.67. The maximum absolute atomic E-state index is 11.0. The maximum Gasteiger partial charge on any atom is 0.358 e. The third kappa shape index (κ3) is 1.86. The summed E-state index contributed by atoms with van der Waals surface area (Å²) in [6.07, 6.45) is 0. The highest BCUT2D eigenvalue weighted by Gasteiger charge is 2.15. The molecule has 6 heteroatoms. The SMILES string of the molecule is COC(=O)c1nc(C)[nH]c(=O)c1Cl. The van der Waals surface area contributed by atoms with Crippen LogP contribution >= 0.6 is 11.6 Å². The van der Waals surface area contributed by atoms with Crippen LogP contribution in [0.2, 0.25) is 5.02 Å². The Morgan fingerprint density at radius 1 is 1.62 bits per heavy atom. The van der Waals surface area contributed by atoms with Gasteiger partial charge in [0, 0.05) is 0 Å². The van der Waals surface area contributed by atoms with Crippen LogP contribution in [0.5, 0.6) is 0 Å². The minimum absolute atomic E-state index is 0.162. The van der Waals surface area contributed by atoms with Crippen LogP contribution in [0.4, 0.5) is 0 Å². The Hall–Kier alpha value is -1.36. The van der Waals surface area contributed by atoms with Gasteiger partial charge in [-0.3, -0.25) is 4.79 Å². The molecule has 0 spiro atoms. The Morgan fingerprint density at radius 3 is 2.77 bits per heavy atom. The summed E-state index contributed by atoms with van der Waals surface area (Å²) in [7, 11) is 1.19. The Balaban J connectivity index is 3.37. The summed E-state index contributed by atoms with van der Waals surface area (Å²) < 4.78 is 4.39. The highest BCUT2D eigenvalue weighted by Crippen LogP contribution is 2.08. The van der Waals surface area contributed by atoms with Gasteiger partial charge in [0.1, 0.15) is 10.8 Å². The first-order valence-electron chi connectivity index (χ1n) is 3.41. The molecule has 0 aliphatic heterocycles. The smallest absolute Gasteiger partial charge is 0.358 e. The van der Waals surface area contributed by atoms with Crippen molar-refractivity contribution in [2.75, 3.05) is 7.11 Å². The summed E-state index contributed by atoms with van der Waals surface area (Å²) in [6, 6.07) is 0. The summed E-state index contributed by atoms with van der Waals surface area (Å²) in [5.74, 6) is -0.408. The lowest BCUT2D eigenvalue weighted by molar-refractivity contribution is 0.0593. The molecular weight excluding hydrogens is 196 g/mol. The van der Waals surface area contributed by atoms with E-state index in [9.17, 15) is 9.59 Å². The predicted molar refractivity (Wildman–Crippen MR) is 45.9 cm³/mol. The number of esters is 1. The summed E-state index contributed by atoms with van der Waals surface area (Å²) in [5.41, 5.74) is -0.708. The van der Waals surface area contributed by atoms with Crippen LogP contribution in [0.1, 0.15) is 16.3 Å². The lowest BCUT2D eigenvalue weighted by Crippen LogP contribution is -2.17. The van der Waals surface area contributed by atoms with Crippen molar-refractivity contribution >= 4 is 17.6 Å². The van der Waals surface area contributed by atoms with Gasteiger partial charge in [0.05, 0.1) is 7.11 Å². The zero-order chi connectivity index (χ0) is 10.0. The lowest BCUT2D eigenvalue weighted by Gasteiger charge is -2.00. The molecule has 0 atom stereocenters. The molecule has 1 rings (SSSR count). The number of hydrogen-bond acceptors (Lipinski definition) is 4. The molecule has 0 bridgehead atoms. The Morgan fingerprint density at radius 2 is 2.23 bits per heavy atom. The first-order chi connectivity index (χ1) is 6.06. The van der Waals surface area contributed by atoms with E-state index in [1.54, 1.807) is 6.92 Å². The van der Waals surface area contributed by atoms with Crippen LogP contribution in [0, 0.1) is 6.92 Å². The summed E-state index contributed by atoms with van der Waals surface area (Å²) in [5, 5.41) is -0.252. The average molecular weight is 203 g/mol. The normalized spacial score (nSPS) is 9.77. The number of nitrogens with one attached hydrogen (secondary N) is 1. The topological polar surface area (TPSA) is 72.0 Å². The number of methoxy groups -OCH3 is 1. The zero-order valence-corrected chi connectivity index (χ0v) is 7.81. The first-order valence-corrected chi connectivity index (χ1v) is 3.78. The van der Waals surface area contributed by atoms with Gasteiger partial charge in [-0.25, -0.2) is 9.78 Å². The molecule has 1 heterocycles. The van der Waals surface area contributed by atoms with E-state index in [1.807, 2.05) is 0 Å². The molecule has 0 fully saturated rings. The van der Waals surface area contributed by atoms with Crippen LogP contribution in [-0.2, 0) is 4.74 Å². The van der Waals surface area contributed by atoms with Gasteiger partial charge in [-0.05, 0) is 6.92 Å². The van der Waals surface area contributed by atoms with Crippen molar-refractivity contribution in [2.24, 2.45) is 0 Å². The second-order valence-corrected chi connectivity index (χ2v) is 2.68. The molecule has 0 aliphatic rings. The molecule has 0 saturated carbocycles. The minimum atomic E-state index is -0.723. The highest BCUT2D eigenvalue weighted by atomic mass is 35.5. The molecular formula is C7H7ClN2O3. The predicted octanol–water partition coefficient (Wildman–Crippen LogP) is 0.518. The minimum Gasteiger partial charge on any atom is -0.464 e. The van der Waals surface area contributed by atoms with Crippen LogP contribution in [-0.4, -0.2) is 23.0 Å². The van der Waals surface area contributed by atoms with Gasteiger partial charge in [0.25, 0.3) is 5.56 Å². The standard InChI is InChI=1S/C7H7ClN2O3/c1-3-9-5(7(12)13-2)4(8)6(11)10-3/h1-2H3,(H,9,10,11). The van der Waals surface area contributed by atoms with E-state index in [4.69, 9.17) is 11.6 Å². The van der Waals surface area contributed by atoms with Crippen LogP contribution < -0.4 is 5.56 Å². The molecule has 5 nitrogen and oxygen atoms in total. The van der Waals surface area contributed by atoms with Crippen molar-refractivity contribution in [2.45, 2.75) is 6.92 Å². The second kappa shape index (κ2) is 3.57. The summed E-state index contributed by atoms with van der Waals surface area (Å²) in [6.45, 7) is 1.55. The molecule has 70 valence electrons. The molecule has 0 saturated heterocycles. The number of halogens is 1. The van der Waals surface area contributed by atoms with E-state index in [-0.39, 0.29) is 10.7 Å². The van der Waals surface area contributed by atoms with Gasteiger partial charge in [-0.15, -0.1) is 0 Å². The van der Waals surface area contributed by atoms with Gasteiger partial charge >= 0.3 is 5.97 Å². The molecule has 13 heavy (non-hydrogen) atoms. The number of carbonyl (C=O) groups excluding carboxylic acids is 1. The third-order valence-electron chi connectivity index (χ3n) is 1.36. The molecule has 1 aromatic heterocycles. The quantitative estimate of drug-likeness (QED) is 0.674. The van der Waals surface area contributed by atoms with E-state index in [0.29, 0.717) is 5.82 Å². The largest absolute Gasteiger partial charge is 0.464 e. The fourth-order valence-electron chi connectivity index (χ4n) is 0.803. The fraction of sp³-hybridized carbons (Fsp3) is 0.286. The number of ether oxygens (including phenoxy) is 1. The third-order valence-corrected chi connectivity index (χ3v) is 1.71. The van der Waals surface area contributed by atoms with Crippen LogP contribution in [0.3, 0.4) is 0 Å². The van der Waals surface area contributed by atoms with Gasteiger partial charge < -0.3 is 9.72 Å². The Bertz CT molecular complexity index is 399. The summed E-state index contributed by atoms with van der Waals surface area (Å²) in [4.78, 5) is 28.2. The number of aromatic nitrogens is 2. The van der Waals surface area contributed by atoms with Crippen molar-refractivity contribution in [1.29, 1.82) is 0 Å². The summed E-state index contributed by atoms with van der Waals surface area (Å²) >= 11 is 5.53. The van der Waals surface area contributed by atoms with E-state index in [2.05, 4.69) is 14.7 Å². The van der Waals surface area contributed by atoms with Crippen LogP contribution in [0.25, 0.3) is 0 Å². The van der Waals surface area contributed by atoms with Crippen molar-refractivity contribution in [3.63, 3.8) is 0 Å². The second-order valence-electron chi connectivity index (χ2n) is 2.31. The average Bonchev–Trinajstić information content (AvgIpc) is 2.10. The molecule has 0 radical (unpaired) electrons. The number of aromatic amines is 1. The monoisotopic (exact) mass is 202 g/mol. The molecule has 0 aromatic carbocycles. The van der Waals surface area contributed by atoms with Crippen molar-refractivity contribution in [1.82, 2.24) is 9.97 Å². The molecule has 1 aromatic rings. The number of hydrogen-bond donors (Lipinski definition) is 1. The number of nitrogens with zero attached hydrogens (tertiary/aromatic N) is 1. The van der Waals surface area contributed by atoms with Gasteiger partial charge in [-0.1, -0.05) is 11.6 Å². The van der Waals surface area contributed by atoms with E-state index in [0.717, 1.165) is 0 Å². The number of rotatable bonds is 1. The first kappa shape index (κ1) is 9.73. The number of carbonyl (C=O) groups is 1. The van der Waals surface area contributed by atoms with E-state index >= 15 is 0 Å². The van der Waals surface area contributed by atoms with Crippen molar-refractivity contribution in [3.05, 3.63) is 26.9 Å². The van der Waals surface area contributed by atoms with Gasteiger partial charge in [0.2, 0.25) is 0 Å². The maximum atomic E-state index is 11.0. The molecule has 0 aliphatic carbocycles. The number of aryl methyl sites for hydroxylation is 1. The fourth-order valence-corrected chi connectivity index (χ4v) is 0.970. The van der Waals surface area contributed by atoms with E-state index in [1.165, 1.54) is 7.11 Å². The van der Waals surface area contributed by atoms with Gasteiger partial charge in [-0.2, -0.15) is 0 Å². The van der Waals surface area contributed by atoms with Crippen molar-refractivity contribution in [3.8, 4) is 0 Å². The van der Waals surface area contributed by atoms with Gasteiger partial charge in [0.15, 0.2) is 5.69 Å². The molecule has 1 N–H and O–H groups in total. The lowest BCUT2D eigenvalue weighted by atomic mass is 10.4.